The first-order valence-corrected chi connectivity index (χ1v) is 12.0. The standard InChI is InChI=1S/Cr.6H2O4S.Ti.V/c;6*1-5(2,3)4;;/h;6*(H2,1,2,3,4);;/q+3;;;;;;;+4;/p-12. The van der Waals surface area contributed by atoms with E-state index in [2.05, 4.69) is 0 Å². The average Bonchev–Trinajstić information content (AvgIpc) is 1.94. The molecule has 0 aliphatic rings. The third-order valence-electron chi connectivity index (χ3n) is 0. The van der Waals surface area contributed by atoms with Gasteiger partial charge in [0.1, 0.15) is 0 Å². The van der Waals surface area contributed by atoms with Crippen molar-refractivity contribution in [2.75, 3.05) is 0 Å². The third kappa shape index (κ3) is 28800. The van der Waals surface area contributed by atoms with Crippen LogP contribution in [0.1, 0.15) is 0 Å². The molecule has 0 spiro atoms. The van der Waals surface area contributed by atoms with Gasteiger partial charge in [0.25, 0.3) is 0 Å². The molecule has 0 atom stereocenters. The minimum absolute atomic E-state index is 0. The van der Waals surface area contributed by atoms with Crippen molar-refractivity contribution < 1.29 is 163 Å². The molecule has 24 nitrogen and oxygen atoms in total. The summed E-state index contributed by atoms with van der Waals surface area (Å²) in [6, 6.07) is 0. The second kappa shape index (κ2) is 24.7. The van der Waals surface area contributed by atoms with Crippen molar-refractivity contribution in [1.82, 2.24) is 0 Å². The van der Waals surface area contributed by atoms with Gasteiger partial charge in [-0.3, -0.25) is 50.5 Å². The third-order valence-corrected chi connectivity index (χ3v) is 0. The van der Waals surface area contributed by atoms with E-state index < -0.39 is 62.4 Å². The van der Waals surface area contributed by atoms with Crippen molar-refractivity contribution in [2.24, 2.45) is 0 Å². The maximum absolute atomic E-state index is 8.52. The van der Waals surface area contributed by atoms with Crippen molar-refractivity contribution in [3.63, 3.8) is 0 Å². The minimum Gasteiger partial charge on any atom is -0.759 e. The van der Waals surface area contributed by atoms with Crippen LogP contribution in [0.4, 0.5) is 0 Å². The van der Waals surface area contributed by atoms with Crippen LogP contribution in [0.3, 0.4) is 0 Å². The van der Waals surface area contributed by atoms with Crippen LogP contribution in [0.15, 0.2) is 0 Å². The molecule has 0 heterocycles. The molecule has 0 rings (SSSR count). The van der Waals surface area contributed by atoms with Gasteiger partial charge in [-0.05, 0) is 0 Å². The van der Waals surface area contributed by atoms with Crippen LogP contribution in [-0.4, -0.2) is 105 Å². The first kappa shape index (κ1) is 59.3. The molecule has 0 fully saturated rings. The van der Waals surface area contributed by atoms with E-state index in [9.17, 15) is 0 Å². The van der Waals surface area contributed by atoms with Crippen LogP contribution in [-0.2, 0) is 120 Å². The Kier molecular flexibility index (Phi) is 44.4. The average molecular weight is 727 g/mol. The summed E-state index contributed by atoms with van der Waals surface area (Å²) in [5, 5.41) is 0. The Hall–Kier alpha value is 1.05. The van der Waals surface area contributed by atoms with Gasteiger partial charge in [-0.2, -0.15) is 0 Å². The van der Waals surface area contributed by atoms with Crippen molar-refractivity contribution in [1.29, 1.82) is 0 Å². The Labute approximate surface area is 223 Å². The number of rotatable bonds is 0. The van der Waals surface area contributed by atoms with Gasteiger partial charge in [-0.25, -0.2) is 0 Å². The van der Waals surface area contributed by atoms with Crippen molar-refractivity contribution in [3.05, 3.63) is 0 Å². The molecule has 0 saturated heterocycles. The Balaban J connectivity index is -0.0000000294. The van der Waals surface area contributed by atoms with Crippen LogP contribution in [0, 0.1) is 0 Å². The predicted octanol–water partition coefficient (Wildman–Crippen LogP) is -8.04. The van der Waals surface area contributed by atoms with E-state index in [1.807, 2.05) is 0 Å². The molecular weight excluding hydrogens is 727 g/mol. The normalized spacial score (nSPS) is 10.5. The van der Waals surface area contributed by atoms with Gasteiger partial charge in [0.15, 0.2) is 0 Å². The molecule has 0 aromatic carbocycles. The summed E-state index contributed by atoms with van der Waals surface area (Å²) >= 11 is 0. The molecule has 0 aliphatic heterocycles. The first-order valence-electron chi connectivity index (χ1n) is 4.00. The summed E-state index contributed by atoms with van der Waals surface area (Å²) in [6.07, 6.45) is 0. The molecule has 0 aromatic heterocycles. The zero-order valence-corrected chi connectivity index (χ0v) is 22.7. The predicted molar refractivity (Wildman–Crippen MR) is 62.8 cm³/mol. The molecule has 0 unspecified atom stereocenters. The Bertz CT molecular complexity index is 773. The number of hydrogen-bond acceptors (Lipinski definition) is 24. The van der Waals surface area contributed by atoms with Gasteiger partial charge in [0, 0.05) is 80.9 Å². The molecule has 0 amide bonds. The smallest absolute Gasteiger partial charge is 0.759 e. The Morgan fingerprint density at radius 3 is 0.273 bits per heavy atom. The summed E-state index contributed by atoms with van der Waals surface area (Å²) < 4.78 is 205. The zero-order valence-electron chi connectivity index (χ0n) is 13.6. The summed E-state index contributed by atoms with van der Waals surface area (Å²) in [4.78, 5) is 0. The van der Waals surface area contributed by atoms with Crippen LogP contribution in [0.5, 0.6) is 0 Å². The van der Waals surface area contributed by atoms with Crippen LogP contribution in [0.2, 0.25) is 0 Å². The Morgan fingerprint density at radius 2 is 0.273 bits per heavy atom. The largest absolute Gasteiger partial charge is 4.00 e. The maximum Gasteiger partial charge on any atom is 4.00 e. The second-order valence-corrected chi connectivity index (χ2v) is 7.35. The summed E-state index contributed by atoms with van der Waals surface area (Å²) in [6.45, 7) is 0. The van der Waals surface area contributed by atoms with E-state index in [0.29, 0.717) is 0 Å². The van der Waals surface area contributed by atoms with E-state index in [-0.39, 0.29) is 57.6 Å². The summed E-state index contributed by atoms with van der Waals surface area (Å²) in [5.74, 6) is 0. The Morgan fingerprint density at radius 1 is 0.273 bits per heavy atom. The number of hydrogen-bond donors (Lipinski definition) is 0. The topological polar surface area (TPSA) is 482 Å². The van der Waals surface area contributed by atoms with Crippen molar-refractivity contribution in [2.45, 2.75) is 0 Å². The molecule has 33 heavy (non-hydrogen) atoms. The minimum atomic E-state index is -5.17. The summed E-state index contributed by atoms with van der Waals surface area (Å²) in [5.41, 5.74) is 0. The molecule has 0 N–H and O–H groups in total. The molecule has 0 aromatic rings. The van der Waals surface area contributed by atoms with E-state index in [1.54, 1.807) is 0 Å². The molecule has 200 valence electrons. The molecule has 0 aliphatic carbocycles. The summed E-state index contributed by atoms with van der Waals surface area (Å²) in [7, 11) is -31.0. The maximum atomic E-state index is 8.52. The van der Waals surface area contributed by atoms with Crippen molar-refractivity contribution >= 4 is 62.4 Å². The SMILES string of the molecule is O=S(=O)([O-])[O-].O=S(=O)([O-])[O-].O=S(=O)([O-])[O-].O=S(=O)([O-])[O-].O=S(=O)([O-])[O-].O=S(=O)([O-])[O-].[Cr+3].[Ti+4].[V]. The quantitative estimate of drug-likeness (QED) is 0.127. The van der Waals surface area contributed by atoms with Gasteiger partial charge >= 0.3 is 39.1 Å². The molecule has 2 radical (unpaired) electrons. The van der Waals surface area contributed by atoms with E-state index in [0.717, 1.165) is 0 Å². The second-order valence-electron chi connectivity index (χ2n) is 2.45. The van der Waals surface area contributed by atoms with Crippen molar-refractivity contribution in [3.8, 4) is 0 Å². The first-order chi connectivity index (χ1) is 12.0. The molecular formula is CrO24S6TiV-5. The van der Waals surface area contributed by atoms with Crippen LogP contribution >= 0.6 is 0 Å². The van der Waals surface area contributed by atoms with Crippen LogP contribution < -0.4 is 0 Å². The monoisotopic (exact) mass is 727 g/mol. The van der Waals surface area contributed by atoms with Gasteiger partial charge in [0.05, 0.1) is 0 Å². The molecule has 33 heteroatoms. The van der Waals surface area contributed by atoms with E-state index >= 15 is 0 Å². The fraction of sp³-hybridized carbons (Fsp3) is 0. The van der Waals surface area contributed by atoms with Gasteiger partial charge in [-0.15, -0.1) is 0 Å². The molecule has 0 saturated carbocycles. The van der Waals surface area contributed by atoms with Crippen LogP contribution in [0.25, 0.3) is 0 Å². The zero-order chi connectivity index (χ0) is 27.0. The fourth-order valence-electron chi connectivity index (χ4n) is 0. The van der Waals surface area contributed by atoms with Gasteiger partial charge in [0.2, 0.25) is 0 Å². The fourth-order valence-corrected chi connectivity index (χ4v) is 0. The molecule has 0 bridgehead atoms. The van der Waals surface area contributed by atoms with E-state index in [1.165, 1.54) is 0 Å². The van der Waals surface area contributed by atoms with Gasteiger partial charge < -0.3 is 54.6 Å². The van der Waals surface area contributed by atoms with Gasteiger partial charge in [-0.1, -0.05) is 0 Å². The van der Waals surface area contributed by atoms with E-state index in [4.69, 9.17) is 105 Å².